The zero-order valence-electron chi connectivity index (χ0n) is 21.2. The molecule has 196 valence electrons. The lowest BCUT2D eigenvalue weighted by atomic mass is 9.92. The minimum atomic E-state index is -1.34. The Bertz CT molecular complexity index is 1280. The number of halogens is 1. The maximum absolute atomic E-state index is 14.7. The van der Waals surface area contributed by atoms with Crippen molar-refractivity contribution in [2.75, 3.05) is 20.3 Å². The van der Waals surface area contributed by atoms with Crippen LogP contribution in [0.25, 0.3) is 5.70 Å². The van der Waals surface area contributed by atoms with E-state index >= 15 is 0 Å². The molecule has 8 nitrogen and oxygen atoms in total. The van der Waals surface area contributed by atoms with Gasteiger partial charge in [-0.25, -0.2) is 9.18 Å². The Morgan fingerprint density at radius 1 is 1.27 bits per heavy atom. The zero-order chi connectivity index (χ0) is 26.7. The fourth-order valence-corrected chi connectivity index (χ4v) is 4.46. The fourth-order valence-electron chi connectivity index (χ4n) is 4.46. The number of aliphatic carboxylic acids is 1. The SMILES string of the molecule is C/C=C(/C(=O)O)C(=O)/C=C1\NC(c2ccccc2F)Oc2cc(OCCCOC)c3c(c21)CC(C)(C)O3. The van der Waals surface area contributed by atoms with E-state index in [0.29, 0.717) is 54.6 Å². The second-order valence-electron chi connectivity index (χ2n) is 9.38. The summed E-state index contributed by atoms with van der Waals surface area (Å²) >= 11 is 0. The monoisotopic (exact) mass is 511 g/mol. The molecule has 0 aromatic heterocycles. The van der Waals surface area contributed by atoms with Gasteiger partial charge < -0.3 is 29.4 Å². The molecule has 37 heavy (non-hydrogen) atoms. The number of ether oxygens (including phenoxy) is 4. The van der Waals surface area contributed by atoms with Gasteiger partial charge in [-0.3, -0.25) is 4.79 Å². The first kappa shape index (κ1) is 26.2. The number of methoxy groups -OCH3 is 1. The van der Waals surface area contributed by atoms with Crippen LogP contribution in [-0.4, -0.2) is 42.8 Å². The molecular weight excluding hydrogens is 481 g/mol. The molecule has 9 heteroatoms. The van der Waals surface area contributed by atoms with Crippen LogP contribution in [0, 0.1) is 5.82 Å². The molecule has 2 aromatic carbocycles. The van der Waals surface area contributed by atoms with Crippen molar-refractivity contribution in [1.82, 2.24) is 5.32 Å². The molecule has 0 spiro atoms. The van der Waals surface area contributed by atoms with Crippen LogP contribution in [0.4, 0.5) is 4.39 Å². The summed E-state index contributed by atoms with van der Waals surface area (Å²) in [6.07, 6.45) is 2.62. The Kier molecular flexibility index (Phi) is 7.54. The molecule has 0 fully saturated rings. The topological polar surface area (TPSA) is 103 Å². The lowest BCUT2D eigenvalue weighted by Gasteiger charge is -2.32. The second kappa shape index (κ2) is 10.6. The Morgan fingerprint density at radius 3 is 2.70 bits per heavy atom. The lowest BCUT2D eigenvalue weighted by molar-refractivity contribution is -0.134. The molecule has 4 rings (SSSR count). The Balaban J connectivity index is 1.86. The van der Waals surface area contributed by atoms with Crippen LogP contribution < -0.4 is 19.5 Å². The van der Waals surface area contributed by atoms with Crippen LogP contribution >= 0.6 is 0 Å². The van der Waals surface area contributed by atoms with Gasteiger partial charge in [-0.15, -0.1) is 0 Å². The van der Waals surface area contributed by atoms with E-state index in [4.69, 9.17) is 18.9 Å². The number of carbonyl (C=O) groups is 2. The fraction of sp³-hybridized carbons (Fsp3) is 0.357. The van der Waals surface area contributed by atoms with E-state index in [1.165, 1.54) is 25.1 Å². The van der Waals surface area contributed by atoms with Crippen molar-refractivity contribution in [3.8, 4) is 17.2 Å². The first-order valence-corrected chi connectivity index (χ1v) is 12.0. The van der Waals surface area contributed by atoms with Crippen molar-refractivity contribution in [3.63, 3.8) is 0 Å². The van der Waals surface area contributed by atoms with Crippen molar-refractivity contribution in [2.45, 2.75) is 45.4 Å². The van der Waals surface area contributed by atoms with Crippen LogP contribution in [0.2, 0.25) is 0 Å². The van der Waals surface area contributed by atoms with Gasteiger partial charge >= 0.3 is 5.97 Å². The van der Waals surface area contributed by atoms with Gasteiger partial charge in [0, 0.05) is 55.4 Å². The van der Waals surface area contributed by atoms with Gasteiger partial charge in [0.15, 0.2) is 23.5 Å². The lowest BCUT2D eigenvalue weighted by Crippen LogP contribution is -2.32. The number of allylic oxidation sites excluding steroid dienone is 2. The highest BCUT2D eigenvalue weighted by Gasteiger charge is 2.40. The summed E-state index contributed by atoms with van der Waals surface area (Å²) < 4.78 is 38.3. The van der Waals surface area contributed by atoms with Gasteiger partial charge in [0.25, 0.3) is 0 Å². The van der Waals surface area contributed by atoms with E-state index in [0.717, 1.165) is 5.56 Å². The van der Waals surface area contributed by atoms with Gasteiger partial charge in [-0.2, -0.15) is 0 Å². The number of fused-ring (bicyclic) bond motifs is 3. The number of carboxylic acid groups (broad SMARTS) is 1. The molecule has 2 N–H and O–H groups in total. The summed E-state index contributed by atoms with van der Waals surface area (Å²) in [4.78, 5) is 24.5. The third kappa shape index (κ3) is 5.46. The summed E-state index contributed by atoms with van der Waals surface area (Å²) in [5.41, 5.74) is 0.900. The molecule has 0 radical (unpaired) electrons. The molecule has 0 saturated carbocycles. The molecule has 1 unspecified atom stereocenters. The quantitative estimate of drug-likeness (QED) is 0.218. The van der Waals surface area contributed by atoms with Gasteiger partial charge in [0.2, 0.25) is 0 Å². The molecule has 2 aliphatic rings. The van der Waals surface area contributed by atoms with Crippen LogP contribution in [0.15, 0.2) is 48.1 Å². The minimum absolute atomic E-state index is 0.232. The molecule has 0 bridgehead atoms. The second-order valence-corrected chi connectivity index (χ2v) is 9.38. The predicted octanol–water partition coefficient (Wildman–Crippen LogP) is 4.58. The summed E-state index contributed by atoms with van der Waals surface area (Å²) in [6.45, 7) is 6.26. The Hall–Kier alpha value is -3.85. The Labute approximate surface area is 214 Å². The van der Waals surface area contributed by atoms with E-state index in [2.05, 4.69) is 5.32 Å². The van der Waals surface area contributed by atoms with Gasteiger partial charge in [0.05, 0.1) is 12.3 Å². The molecule has 0 saturated heterocycles. The molecule has 2 heterocycles. The number of rotatable bonds is 9. The Morgan fingerprint density at radius 2 is 2.03 bits per heavy atom. The molecule has 0 amide bonds. The van der Waals surface area contributed by atoms with Crippen LogP contribution in [0.5, 0.6) is 17.2 Å². The highest BCUT2D eigenvalue weighted by Crippen LogP contribution is 2.51. The highest BCUT2D eigenvalue weighted by atomic mass is 19.1. The van der Waals surface area contributed by atoms with E-state index in [1.807, 2.05) is 13.8 Å². The van der Waals surface area contributed by atoms with Crippen molar-refractivity contribution in [1.29, 1.82) is 0 Å². The van der Waals surface area contributed by atoms with E-state index in [-0.39, 0.29) is 11.1 Å². The molecule has 0 aliphatic carbocycles. The van der Waals surface area contributed by atoms with E-state index in [9.17, 15) is 19.1 Å². The van der Waals surface area contributed by atoms with E-state index in [1.54, 1.807) is 31.4 Å². The van der Waals surface area contributed by atoms with Gasteiger partial charge in [0.1, 0.15) is 22.7 Å². The number of hydrogen-bond donors (Lipinski definition) is 2. The maximum atomic E-state index is 14.7. The third-order valence-corrected chi connectivity index (χ3v) is 6.09. The van der Waals surface area contributed by atoms with Crippen molar-refractivity contribution >= 4 is 17.4 Å². The first-order chi connectivity index (χ1) is 17.6. The smallest absolute Gasteiger partial charge is 0.339 e. The standard InChI is InChI=1S/C28H30FNO7/c1-5-16(27(32)33)21(31)13-20-24-18-15-28(2,3)37-25(18)23(35-12-8-11-34-4)14-22(24)36-26(30-20)17-9-6-7-10-19(17)29/h5-7,9-10,13-14,26,30H,8,11-12,15H2,1-4H3,(H,32,33)/b16-5+,20-13-. The van der Waals surface area contributed by atoms with Crippen LogP contribution in [0.3, 0.4) is 0 Å². The van der Waals surface area contributed by atoms with E-state index < -0.39 is 29.4 Å². The normalized spacial score (nSPS) is 18.8. The number of hydrogen-bond acceptors (Lipinski definition) is 7. The first-order valence-electron chi connectivity index (χ1n) is 12.0. The summed E-state index contributed by atoms with van der Waals surface area (Å²) in [5.74, 6) is -1.17. The highest BCUT2D eigenvalue weighted by molar-refractivity contribution is 6.22. The van der Waals surface area contributed by atoms with Crippen LogP contribution in [-0.2, 0) is 20.7 Å². The van der Waals surface area contributed by atoms with Gasteiger partial charge in [-0.05, 0) is 26.8 Å². The van der Waals surface area contributed by atoms with Crippen LogP contribution in [0.1, 0.15) is 50.1 Å². The number of nitrogens with one attached hydrogen (secondary N) is 1. The van der Waals surface area contributed by atoms with Crippen molar-refractivity contribution < 1.29 is 38.0 Å². The predicted molar refractivity (Wildman–Crippen MR) is 134 cm³/mol. The zero-order valence-corrected chi connectivity index (χ0v) is 21.2. The number of carbonyl (C=O) groups excluding carboxylic acids is 1. The summed E-state index contributed by atoms with van der Waals surface area (Å²) in [7, 11) is 1.62. The molecular formula is C28H30FNO7. The van der Waals surface area contributed by atoms with Gasteiger partial charge in [-0.1, -0.05) is 24.3 Å². The third-order valence-electron chi connectivity index (χ3n) is 6.09. The number of carboxylic acids is 1. The largest absolute Gasteiger partial charge is 0.489 e. The van der Waals surface area contributed by atoms with Crippen molar-refractivity contribution in [3.05, 3.63) is 70.6 Å². The number of benzene rings is 2. The average molecular weight is 512 g/mol. The minimum Gasteiger partial charge on any atom is -0.489 e. The molecule has 2 aliphatic heterocycles. The number of ketones is 1. The average Bonchev–Trinajstić information content (AvgIpc) is 3.17. The maximum Gasteiger partial charge on any atom is 0.339 e. The summed E-state index contributed by atoms with van der Waals surface area (Å²) in [6, 6.07) is 7.81. The molecule has 2 aromatic rings. The summed E-state index contributed by atoms with van der Waals surface area (Å²) in [5, 5.41) is 12.6. The van der Waals surface area contributed by atoms with Crippen molar-refractivity contribution in [2.24, 2.45) is 0 Å². The molecule has 1 atom stereocenters.